The number of aromatic carboxylic acids is 1. The number of imidazole rings is 2. The van der Waals surface area contributed by atoms with Gasteiger partial charge in [-0.1, -0.05) is 42.5 Å². The molecule has 186 valence electrons. The third-order valence-electron chi connectivity index (χ3n) is 7.15. The first-order valence-corrected chi connectivity index (χ1v) is 12.2. The number of aromatic nitrogens is 5. The van der Waals surface area contributed by atoms with Gasteiger partial charge in [-0.05, 0) is 41.8 Å². The van der Waals surface area contributed by atoms with Crippen molar-refractivity contribution in [2.24, 2.45) is 7.05 Å². The summed E-state index contributed by atoms with van der Waals surface area (Å²) >= 11 is 0. The zero-order valence-electron chi connectivity index (χ0n) is 20.4. The van der Waals surface area contributed by atoms with Gasteiger partial charge >= 0.3 is 11.7 Å². The summed E-state index contributed by atoms with van der Waals surface area (Å²) in [4.78, 5) is 36.3. The molecule has 0 amide bonds. The Hall–Kier alpha value is -4.50. The average molecular weight is 495 g/mol. The third-order valence-corrected chi connectivity index (χ3v) is 7.15. The number of fused-ring (bicyclic) bond motifs is 1. The molecular weight excluding hydrogens is 468 g/mol. The van der Waals surface area contributed by atoms with Crippen LogP contribution in [0.2, 0.25) is 0 Å². The second kappa shape index (κ2) is 9.18. The van der Waals surface area contributed by atoms with Gasteiger partial charge in [-0.25, -0.2) is 19.6 Å². The average Bonchev–Trinajstić information content (AvgIpc) is 3.60. The molecule has 1 aliphatic rings. The summed E-state index contributed by atoms with van der Waals surface area (Å²) in [6.45, 7) is 1.94. The standard InChI is InChI=1S/C28H26N6O3/c1-31-24(27(35)36)16-30-25(31)18-32-15-13-22(17-32)34-26-23(8-5-14-29-26)33(28(34)37)21-11-9-20(10-12-21)19-6-3-2-4-7-19/h2-12,14,16,22H,13,15,17-18H2,1H3,(H,35,36)/t22-/m0/s1. The minimum atomic E-state index is -0.997. The minimum absolute atomic E-state index is 0.0473. The lowest BCUT2D eigenvalue weighted by Crippen LogP contribution is -2.29. The SMILES string of the molecule is Cn1c(C(=O)O)cnc1CN1CC[C@H](n2c(=O)n(-c3ccc(-c4ccccc4)cc3)c3cccnc32)C1. The second-order valence-corrected chi connectivity index (χ2v) is 9.35. The summed E-state index contributed by atoms with van der Waals surface area (Å²) in [7, 11) is 1.71. The van der Waals surface area contributed by atoms with E-state index in [0.29, 0.717) is 24.6 Å². The molecule has 5 aromatic rings. The molecule has 1 fully saturated rings. The molecule has 9 nitrogen and oxygen atoms in total. The van der Waals surface area contributed by atoms with Crippen LogP contribution >= 0.6 is 0 Å². The van der Waals surface area contributed by atoms with Gasteiger partial charge in [-0.3, -0.25) is 14.0 Å². The maximum atomic E-state index is 13.8. The summed E-state index contributed by atoms with van der Waals surface area (Å²) < 4.78 is 5.15. The van der Waals surface area contributed by atoms with Crippen molar-refractivity contribution in [1.29, 1.82) is 0 Å². The monoisotopic (exact) mass is 494 g/mol. The Bertz CT molecular complexity index is 1650. The maximum Gasteiger partial charge on any atom is 0.354 e. The molecule has 1 aliphatic heterocycles. The summed E-state index contributed by atoms with van der Waals surface area (Å²) in [6, 6.07) is 21.9. The van der Waals surface area contributed by atoms with Crippen molar-refractivity contribution in [3.63, 3.8) is 0 Å². The van der Waals surface area contributed by atoms with Crippen LogP contribution < -0.4 is 5.69 Å². The highest BCUT2D eigenvalue weighted by atomic mass is 16.4. The first-order valence-electron chi connectivity index (χ1n) is 12.2. The molecule has 1 atom stereocenters. The molecule has 0 unspecified atom stereocenters. The van der Waals surface area contributed by atoms with E-state index in [0.717, 1.165) is 35.3 Å². The molecule has 1 N–H and O–H groups in total. The van der Waals surface area contributed by atoms with Gasteiger partial charge in [0.15, 0.2) is 5.65 Å². The molecule has 37 heavy (non-hydrogen) atoms. The minimum Gasteiger partial charge on any atom is -0.477 e. The van der Waals surface area contributed by atoms with E-state index in [4.69, 9.17) is 0 Å². The molecule has 6 rings (SSSR count). The summed E-state index contributed by atoms with van der Waals surface area (Å²) in [5.41, 5.74) is 4.49. The van der Waals surface area contributed by atoms with Gasteiger partial charge in [0.05, 0.1) is 30.0 Å². The molecule has 0 radical (unpaired) electrons. The predicted octanol–water partition coefficient (Wildman–Crippen LogP) is 3.73. The maximum absolute atomic E-state index is 13.8. The Morgan fingerprint density at radius 1 is 1.00 bits per heavy atom. The first kappa shape index (κ1) is 22.9. The fourth-order valence-corrected chi connectivity index (χ4v) is 5.22. The van der Waals surface area contributed by atoms with E-state index in [1.165, 1.54) is 6.20 Å². The molecule has 0 bridgehead atoms. The number of hydrogen-bond acceptors (Lipinski definition) is 5. The van der Waals surface area contributed by atoms with Gasteiger partial charge in [0.1, 0.15) is 11.5 Å². The van der Waals surface area contributed by atoms with E-state index >= 15 is 0 Å². The summed E-state index contributed by atoms with van der Waals surface area (Å²) in [5, 5.41) is 9.31. The normalized spacial score (nSPS) is 16.0. The van der Waals surface area contributed by atoms with E-state index in [-0.39, 0.29) is 17.4 Å². The number of carbonyl (C=O) groups is 1. The Kier molecular flexibility index (Phi) is 5.69. The molecule has 1 saturated heterocycles. The Morgan fingerprint density at radius 2 is 1.76 bits per heavy atom. The number of rotatable bonds is 6. The molecule has 2 aromatic carbocycles. The number of hydrogen-bond donors (Lipinski definition) is 1. The van der Waals surface area contributed by atoms with Crippen molar-refractivity contribution in [3.8, 4) is 16.8 Å². The van der Waals surface area contributed by atoms with Crippen LogP contribution in [0.3, 0.4) is 0 Å². The van der Waals surface area contributed by atoms with E-state index < -0.39 is 5.97 Å². The van der Waals surface area contributed by atoms with Crippen molar-refractivity contribution in [3.05, 3.63) is 101 Å². The number of nitrogens with zero attached hydrogens (tertiary/aromatic N) is 6. The van der Waals surface area contributed by atoms with Crippen LogP contribution in [-0.2, 0) is 13.6 Å². The van der Waals surface area contributed by atoms with Crippen molar-refractivity contribution in [2.75, 3.05) is 13.1 Å². The third kappa shape index (κ3) is 4.03. The molecule has 0 aliphatic carbocycles. The fraction of sp³-hybridized carbons (Fsp3) is 0.214. The van der Waals surface area contributed by atoms with Crippen LogP contribution in [0, 0.1) is 0 Å². The predicted molar refractivity (Wildman–Crippen MR) is 140 cm³/mol. The second-order valence-electron chi connectivity index (χ2n) is 9.35. The Balaban J connectivity index is 1.31. The number of benzene rings is 2. The quantitative estimate of drug-likeness (QED) is 0.386. The van der Waals surface area contributed by atoms with Crippen LogP contribution in [0.15, 0.2) is 83.9 Å². The summed E-state index contributed by atoms with van der Waals surface area (Å²) in [6.07, 6.45) is 3.89. The van der Waals surface area contributed by atoms with Crippen LogP contribution in [0.1, 0.15) is 28.8 Å². The lowest BCUT2D eigenvalue weighted by molar-refractivity contribution is 0.0686. The van der Waals surface area contributed by atoms with Gasteiger partial charge in [0, 0.05) is 26.3 Å². The van der Waals surface area contributed by atoms with Crippen molar-refractivity contribution in [1.82, 2.24) is 28.6 Å². The molecule has 9 heteroatoms. The highest BCUT2D eigenvalue weighted by molar-refractivity contribution is 5.85. The fourth-order valence-electron chi connectivity index (χ4n) is 5.22. The van der Waals surface area contributed by atoms with E-state index in [1.807, 2.05) is 59.2 Å². The Labute approximate surface area is 212 Å². The Morgan fingerprint density at radius 3 is 2.49 bits per heavy atom. The largest absolute Gasteiger partial charge is 0.477 e. The van der Waals surface area contributed by atoms with Crippen molar-refractivity contribution < 1.29 is 9.90 Å². The van der Waals surface area contributed by atoms with Gasteiger partial charge in [0.25, 0.3) is 0 Å². The van der Waals surface area contributed by atoms with Crippen molar-refractivity contribution in [2.45, 2.75) is 19.0 Å². The van der Waals surface area contributed by atoms with Gasteiger partial charge in [0.2, 0.25) is 0 Å². The molecule has 0 spiro atoms. The number of likely N-dealkylation sites (tertiary alicyclic amines) is 1. The van der Waals surface area contributed by atoms with E-state index in [9.17, 15) is 14.7 Å². The van der Waals surface area contributed by atoms with E-state index in [2.05, 4.69) is 27.0 Å². The number of carboxylic acids is 1. The molecule has 3 aromatic heterocycles. The van der Waals surface area contributed by atoms with Crippen LogP contribution in [-0.4, -0.2) is 52.7 Å². The first-order chi connectivity index (χ1) is 18.0. The highest BCUT2D eigenvalue weighted by Crippen LogP contribution is 2.27. The van der Waals surface area contributed by atoms with Gasteiger partial charge in [-0.15, -0.1) is 0 Å². The highest BCUT2D eigenvalue weighted by Gasteiger charge is 2.29. The van der Waals surface area contributed by atoms with Gasteiger partial charge < -0.3 is 9.67 Å². The lowest BCUT2D eigenvalue weighted by Gasteiger charge is -2.16. The zero-order valence-corrected chi connectivity index (χ0v) is 20.4. The summed E-state index contributed by atoms with van der Waals surface area (Å²) in [5.74, 6) is -0.313. The lowest BCUT2D eigenvalue weighted by atomic mass is 10.1. The number of pyridine rings is 1. The van der Waals surface area contributed by atoms with Crippen molar-refractivity contribution >= 4 is 17.1 Å². The van der Waals surface area contributed by atoms with Crippen LogP contribution in [0.25, 0.3) is 28.0 Å². The topological polar surface area (TPSA) is 98.2 Å². The van der Waals surface area contributed by atoms with Crippen LogP contribution in [0.4, 0.5) is 0 Å². The number of carboxylic acid groups (broad SMARTS) is 1. The van der Waals surface area contributed by atoms with Gasteiger partial charge in [-0.2, -0.15) is 0 Å². The molecular formula is C28H26N6O3. The molecule has 0 saturated carbocycles. The molecule has 4 heterocycles. The smallest absolute Gasteiger partial charge is 0.354 e. The van der Waals surface area contributed by atoms with Crippen LogP contribution in [0.5, 0.6) is 0 Å². The van der Waals surface area contributed by atoms with E-state index in [1.54, 1.807) is 22.4 Å². The zero-order chi connectivity index (χ0) is 25.5.